The van der Waals surface area contributed by atoms with Gasteiger partial charge in [0.2, 0.25) is 6.34 Å². The number of nitrogens with zero attached hydrogens (tertiary/aromatic N) is 2. The van der Waals surface area contributed by atoms with Crippen molar-refractivity contribution in [3.8, 4) is 0 Å². The van der Waals surface area contributed by atoms with Crippen molar-refractivity contribution in [3.05, 3.63) is 0 Å². The number of nitrogens with two attached hydrogens (primary N) is 1. The smallest absolute Gasteiger partial charge is 0.233 e. The van der Waals surface area contributed by atoms with E-state index < -0.39 is 0 Å². The summed E-state index contributed by atoms with van der Waals surface area (Å²) in [6, 6.07) is 0. The van der Waals surface area contributed by atoms with E-state index in [1.807, 2.05) is 0 Å². The van der Waals surface area contributed by atoms with Gasteiger partial charge in [0.1, 0.15) is 0 Å². The Balaban J connectivity index is 3.61. The van der Waals surface area contributed by atoms with Crippen LogP contribution in [0.1, 0.15) is 13.3 Å². The molecule has 0 bridgehead atoms. The van der Waals surface area contributed by atoms with E-state index in [1.54, 1.807) is 0 Å². The fraction of sp³-hybridized carbons (Fsp3) is 0.875. The lowest BCUT2D eigenvalue weighted by Crippen LogP contribution is -2.24. The predicted molar refractivity (Wildman–Crippen MR) is 49.1 cm³/mol. The minimum absolute atomic E-state index is 0.772. The Morgan fingerprint density at radius 3 is 2.64 bits per heavy atom. The Bertz CT molecular complexity index is 121. The highest BCUT2D eigenvalue weighted by molar-refractivity contribution is 5.47. The van der Waals surface area contributed by atoms with Crippen molar-refractivity contribution in [1.82, 2.24) is 4.90 Å². The van der Waals surface area contributed by atoms with Crippen molar-refractivity contribution in [2.24, 2.45) is 5.73 Å². The molecule has 2 N–H and O–H groups in total. The maximum atomic E-state index is 5.39. The second-order valence-corrected chi connectivity index (χ2v) is 2.81. The van der Waals surface area contributed by atoms with Crippen molar-refractivity contribution in [2.45, 2.75) is 13.3 Å². The van der Waals surface area contributed by atoms with Crippen LogP contribution in [-0.4, -0.2) is 49.5 Å². The van der Waals surface area contributed by atoms with Crippen molar-refractivity contribution >= 4 is 6.34 Å². The summed E-state index contributed by atoms with van der Waals surface area (Å²) in [5.74, 6) is 0. The molecule has 0 aromatic heterocycles. The van der Waals surface area contributed by atoms with Gasteiger partial charge >= 0.3 is 0 Å². The summed E-state index contributed by atoms with van der Waals surface area (Å²) >= 11 is 0. The highest BCUT2D eigenvalue weighted by Gasteiger charge is 1.95. The molecule has 0 saturated carbocycles. The van der Waals surface area contributed by atoms with E-state index in [2.05, 4.69) is 36.8 Å². The van der Waals surface area contributed by atoms with Crippen LogP contribution in [0.2, 0.25) is 0 Å². The van der Waals surface area contributed by atoms with Gasteiger partial charge in [-0.3, -0.25) is 9.48 Å². The predicted octanol–water partition coefficient (Wildman–Crippen LogP) is -0.0425. The standard InChI is InChI=1S/C8H20N3/c1-4-10(2)8-11(3)7-5-6-9/h8H,4-7,9H2,1-3H3/q+1. The van der Waals surface area contributed by atoms with Crippen LogP contribution in [0.5, 0.6) is 0 Å². The van der Waals surface area contributed by atoms with Crippen LogP contribution < -0.4 is 5.73 Å². The fourth-order valence-electron chi connectivity index (χ4n) is 0.817. The first-order chi connectivity index (χ1) is 5.20. The quantitative estimate of drug-likeness (QED) is 0.346. The molecule has 0 atom stereocenters. The Hall–Kier alpha value is -0.570. The SMILES string of the molecule is CCN(C)C=[N+](C)CCCN. The molecule has 0 aromatic carbocycles. The molecule has 11 heavy (non-hydrogen) atoms. The normalized spacial score (nSPS) is 11.8. The molecule has 0 aliphatic rings. The van der Waals surface area contributed by atoms with Crippen LogP contribution in [0.25, 0.3) is 0 Å². The summed E-state index contributed by atoms with van der Waals surface area (Å²) in [5.41, 5.74) is 5.39. The maximum Gasteiger partial charge on any atom is 0.233 e. The lowest BCUT2D eigenvalue weighted by atomic mass is 10.4. The number of hydrogen-bond acceptors (Lipinski definition) is 1. The molecular weight excluding hydrogens is 138 g/mol. The van der Waals surface area contributed by atoms with Gasteiger partial charge in [-0.15, -0.1) is 0 Å². The third-order valence-electron chi connectivity index (χ3n) is 1.61. The summed E-state index contributed by atoms with van der Waals surface area (Å²) in [5, 5.41) is 0. The monoisotopic (exact) mass is 158 g/mol. The molecule has 0 rings (SSSR count). The zero-order valence-corrected chi connectivity index (χ0v) is 7.88. The van der Waals surface area contributed by atoms with E-state index in [0.717, 1.165) is 26.1 Å². The van der Waals surface area contributed by atoms with Gasteiger partial charge < -0.3 is 5.73 Å². The molecule has 66 valence electrons. The van der Waals surface area contributed by atoms with Crippen molar-refractivity contribution in [1.29, 1.82) is 0 Å². The van der Waals surface area contributed by atoms with Crippen LogP contribution in [0.15, 0.2) is 0 Å². The van der Waals surface area contributed by atoms with E-state index in [9.17, 15) is 0 Å². The molecule has 0 unspecified atom stereocenters. The summed E-state index contributed by atoms with van der Waals surface area (Å²) in [6.45, 7) is 5.00. The molecule has 0 heterocycles. The van der Waals surface area contributed by atoms with Crippen LogP contribution in [0.3, 0.4) is 0 Å². The summed E-state index contributed by atoms with van der Waals surface area (Å²) in [6.07, 6.45) is 3.17. The lowest BCUT2D eigenvalue weighted by Gasteiger charge is -2.05. The van der Waals surface area contributed by atoms with Crippen LogP contribution >= 0.6 is 0 Å². The first-order valence-electron chi connectivity index (χ1n) is 4.16. The summed E-state index contributed by atoms with van der Waals surface area (Å²) in [4.78, 5) is 2.15. The topological polar surface area (TPSA) is 32.3 Å². The maximum absolute atomic E-state index is 5.39. The second kappa shape index (κ2) is 6.16. The first-order valence-corrected chi connectivity index (χ1v) is 4.16. The number of rotatable bonds is 5. The van der Waals surface area contributed by atoms with E-state index in [-0.39, 0.29) is 0 Å². The van der Waals surface area contributed by atoms with Gasteiger partial charge in [0, 0.05) is 0 Å². The Labute approximate surface area is 69.5 Å². The highest BCUT2D eigenvalue weighted by Crippen LogP contribution is 1.78. The zero-order chi connectivity index (χ0) is 8.69. The summed E-state index contributed by atoms with van der Waals surface area (Å²) < 4.78 is 2.16. The van der Waals surface area contributed by atoms with Gasteiger partial charge in [-0.2, -0.15) is 0 Å². The third-order valence-corrected chi connectivity index (χ3v) is 1.61. The van der Waals surface area contributed by atoms with Crippen molar-refractivity contribution in [3.63, 3.8) is 0 Å². The van der Waals surface area contributed by atoms with Crippen molar-refractivity contribution < 1.29 is 4.58 Å². The average Bonchev–Trinajstić information content (AvgIpc) is 2.00. The van der Waals surface area contributed by atoms with Crippen LogP contribution in [-0.2, 0) is 0 Å². The largest absolute Gasteiger partial charge is 0.330 e. The van der Waals surface area contributed by atoms with Gasteiger partial charge in [-0.1, -0.05) is 0 Å². The molecule has 0 spiro atoms. The Morgan fingerprint density at radius 2 is 2.18 bits per heavy atom. The molecule has 0 saturated heterocycles. The van der Waals surface area contributed by atoms with E-state index in [1.165, 1.54) is 0 Å². The van der Waals surface area contributed by atoms with Gasteiger partial charge in [0.05, 0.1) is 27.2 Å². The highest BCUT2D eigenvalue weighted by atomic mass is 15.2. The Morgan fingerprint density at radius 1 is 1.55 bits per heavy atom. The number of hydrogen-bond donors (Lipinski definition) is 1. The Kier molecular flexibility index (Phi) is 5.84. The van der Waals surface area contributed by atoms with Gasteiger partial charge in [-0.05, 0) is 19.9 Å². The lowest BCUT2D eigenvalue weighted by molar-refractivity contribution is -0.497. The second-order valence-electron chi connectivity index (χ2n) is 2.81. The molecule has 0 fully saturated rings. The van der Waals surface area contributed by atoms with Crippen molar-refractivity contribution in [2.75, 3.05) is 33.7 Å². The minimum atomic E-state index is 0.772. The van der Waals surface area contributed by atoms with E-state index in [4.69, 9.17) is 5.73 Å². The van der Waals surface area contributed by atoms with Crippen LogP contribution in [0, 0.1) is 0 Å². The zero-order valence-electron chi connectivity index (χ0n) is 7.88. The van der Waals surface area contributed by atoms with Gasteiger partial charge in [-0.25, -0.2) is 0 Å². The molecular formula is C8H20N3+. The third kappa shape index (κ3) is 5.85. The molecule has 0 aliphatic heterocycles. The molecule has 0 radical (unpaired) electrons. The average molecular weight is 158 g/mol. The van der Waals surface area contributed by atoms with E-state index in [0.29, 0.717) is 0 Å². The fourth-order valence-corrected chi connectivity index (χ4v) is 0.817. The van der Waals surface area contributed by atoms with Gasteiger partial charge in [0.25, 0.3) is 0 Å². The summed E-state index contributed by atoms with van der Waals surface area (Å²) in [7, 11) is 4.14. The van der Waals surface area contributed by atoms with E-state index >= 15 is 0 Å². The molecule has 3 nitrogen and oxygen atoms in total. The minimum Gasteiger partial charge on any atom is -0.330 e. The van der Waals surface area contributed by atoms with Gasteiger partial charge in [0.15, 0.2) is 0 Å². The van der Waals surface area contributed by atoms with Crippen LogP contribution in [0.4, 0.5) is 0 Å². The first kappa shape index (κ1) is 10.4. The molecule has 0 aromatic rings. The molecule has 3 heteroatoms. The molecule has 0 amide bonds. The molecule has 0 aliphatic carbocycles.